The first-order valence-electron chi connectivity index (χ1n) is 6.15. The summed E-state index contributed by atoms with van der Waals surface area (Å²) in [5.41, 5.74) is 1.77. The lowest BCUT2D eigenvalue weighted by molar-refractivity contribution is 0.620. The zero-order chi connectivity index (χ0) is 14.5. The Labute approximate surface area is 132 Å². The third-order valence-electron chi connectivity index (χ3n) is 2.93. The van der Waals surface area contributed by atoms with Gasteiger partial charge in [0.2, 0.25) is 0 Å². The van der Waals surface area contributed by atoms with Crippen LogP contribution >= 0.6 is 34.8 Å². The third-order valence-corrected chi connectivity index (χ3v) is 3.94. The quantitative estimate of drug-likeness (QED) is 0.750. The highest BCUT2D eigenvalue weighted by Crippen LogP contribution is 2.21. The van der Waals surface area contributed by atoms with Crippen LogP contribution in [0, 0.1) is 5.82 Å². The molecule has 1 N–H and O–H groups in total. The molecule has 0 aliphatic carbocycles. The number of hydrogen-bond donors (Lipinski definition) is 1. The van der Waals surface area contributed by atoms with Crippen LogP contribution in [0.4, 0.5) is 4.39 Å². The van der Waals surface area contributed by atoms with Gasteiger partial charge in [0.15, 0.2) is 0 Å². The van der Waals surface area contributed by atoms with Gasteiger partial charge in [-0.25, -0.2) is 4.39 Å². The maximum absolute atomic E-state index is 13.3. The van der Waals surface area contributed by atoms with Crippen LogP contribution < -0.4 is 5.32 Å². The summed E-state index contributed by atoms with van der Waals surface area (Å²) in [6, 6.07) is 10.2. The molecule has 0 heterocycles. The molecule has 5 heteroatoms. The van der Waals surface area contributed by atoms with E-state index in [1.165, 1.54) is 6.07 Å². The Morgan fingerprint density at radius 3 is 2.55 bits per heavy atom. The minimum absolute atomic E-state index is 0.171. The van der Waals surface area contributed by atoms with Crippen molar-refractivity contribution in [1.29, 1.82) is 0 Å². The Kier molecular flexibility index (Phi) is 5.67. The Morgan fingerprint density at radius 2 is 1.80 bits per heavy atom. The lowest BCUT2D eigenvalue weighted by Gasteiger charge is -2.08. The fraction of sp³-hybridized carbons (Fsp3) is 0.200. The molecule has 106 valence electrons. The smallest absolute Gasteiger partial charge is 0.142 e. The van der Waals surface area contributed by atoms with Crippen LogP contribution in [-0.2, 0) is 13.0 Å². The molecule has 0 amide bonds. The molecule has 0 saturated heterocycles. The van der Waals surface area contributed by atoms with Gasteiger partial charge < -0.3 is 5.32 Å². The van der Waals surface area contributed by atoms with E-state index in [9.17, 15) is 4.39 Å². The first-order valence-corrected chi connectivity index (χ1v) is 7.29. The standard InChI is InChI=1S/C15H13Cl3FN/c16-12-5-4-10(13(17)8-12)6-7-20-9-11-2-1-3-14(19)15(11)18/h1-5,8,20H,6-7,9H2. The van der Waals surface area contributed by atoms with Crippen LogP contribution in [0.5, 0.6) is 0 Å². The van der Waals surface area contributed by atoms with Crippen LogP contribution in [0.15, 0.2) is 36.4 Å². The maximum Gasteiger partial charge on any atom is 0.142 e. The molecule has 1 nitrogen and oxygen atoms in total. The van der Waals surface area contributed by atoms with Gasteiger partial charge in [0.1, 0.15) is 5.82 Å². The summed E-state index contributed by atoms with van der Waals surface area (Å²) in [5, 5.41) is 4.67. The number of benzene rings is 2. The molecule has 0 aliphatic rings. The van der Waals surface area contributed by atoms with Crippen LogP contribution in [0.25, 0.3) is 0 Å². The molecule has 0 unspecified atom stereocenters. The SMILES string of the molecule is Fc1cccc(CNCCc2ccc(Cl)cc2Cl)c1Cl. The molecule has 0 spiro atoms. The minimum Gasteiger partial charge on any atom is -0.312 e. The van der Waals surface area contributed by atoms with E-state index in [4.69, 9.17) is 34.8 Å². The van der Waals surface area contributed by atoms with Crippen molar-refractivity contribution in [2.45, 2.75) is 13.0 Å². The average molecular weight is 333 g/mol. The summed E-state index contributed by atoms with van der Waals surface area (Å²) in [5.74, 6) is -0.397. The minimum atomic E-state index is -0.397. The first kappa shape index (κ1) is 15.6. The van der Waals surface area contributed by atoms with E-state index in [0.29, 0.717) is 23.1 Å². The molecule has 0 fully saturated rings. The fourth-order valence-electron chi connectivity index (χ4n) is 1.86. The van der Waals surface area contributed by atoms with Crippen molar-refractivity contribution in [1.82, 2.24) is 5.32 Å². The van der Waals surface area contributed by atoms with E-state index in [2.05, 4.69) is 5.32 Å². The van der Waals surface area contributed by atoms with Gasteiger partial charge in [-0.3, -0.25) is 0 Å². The van der Waals surface area contributed by atoms with E-state index >= 15 is 0 Å². The Hall–Kier alpha value is -0.800. The number of halogens is 4. The molecular weight excluding hydrogens is 320 g/mol. The molecular formula is C15H13Cl3FN. The summed E-state index contributed by atoms with van der Waals surface area (Å²) in [6.45, 7) is 1.23. The highest BCUT2D eigenvalue weighted by Gasteiger charge is 2.05. The molecule has 20 heavy (non-hydrogen) atoms. The second kappa shape index (κ2) is 7.28. The molecule has 0 radical (unpaired) electrons. The molecule has 2 aromatic rings. The van der Waals surface area contributed by atoms with Crippen molar-refractivity contribution >= 4 is 34.8 Å². The van der Waals surface area contributed by atoms with Gasteiger partial charge >= 0.3 is 0 Å². The highest BCUT2D eigenvalue weighted by atomic mass is 35.5. The zero-order valence-corrected chi connectivity index (χ0v) is 12.9. The third kappa shape index (κ3) is 4.10. The first-order chi connectivity index (χ1) is 9.58. The van der Waals surface area contributed by atoms with Crippen molar-refractivity contribution in [3.8, 4) is 0 Å². The van der Waals surface area contributed by atoms with Crippen molar-refractivity contribution in [3.05, 3.63) is 68.4 Å². The molecule has 2 rings (SSSR count). The van der Waals surface area contributed by atoms with Crippen LogP contribution in [0.3, 0.4) is 0 Å². The topological polar surface area (TPSA) is 12.0 Å². The lowest BCUT2D eigenvalue weighted by atomic mass is 10.1. The van der Waals surface area contributed by atoms with E-state index < -0.39 is 5.82 Å². The zero-order valence-electron chi connectivity index (χ0n) is 10.6. The van der Waals surface area contributed by atoms with Gasteiger partial charge in [-0.05, 0) is 42.3 Å². The largest absolute Gasteiger partial charge is 0.312 e. The number of nitrogens with one attached hydrogen (secondary N) is 1. The van der Waals surface area contributed by atoms with Gasteiger partial charge in [-0.1, -0.05) is 53.0 Å². The summed E-state index contributed by atoms with van der Waals surface area (Å²) < 4.78 is 13.3. The molecule has 0 bridgehead atoms. The normalized spacial score (nSPS) is 10.8. The van der Waals surface area contributed by atoms with E-state index in [1.54, 1.807) is 18.2 Å². The van der Waals surface area contributed by atoms with Gasteiger partial charge in [0.05, 0.1) is 5.02 Å². The van der Waals surface area contributed by atoms with Gasteiger partial charge in [-0.15, -0.1) is 0 Å². The molecule has 0 aliphatic heterocycles. The highest BCUT2D eigenvalue weighted by molar-refractivity contribution is 6.35. The monoisotopic (exact) mass is 331 g/mol. The number of hydrogen-bond acceptors (Lipinski definition) is 1. The summed E-state index contributed by atoms with van der Waals surface area (Å²) in [7, 11) is 0. The molecule has 0 atom stereocenters. The van der Waals surface area contributed by atoms with E-state index in [-0.39, 0.29) is 5.02 Å². The summed E-state index contributed by atoms with van der Waals surface area (Å²) in [4.78, 5) is 0. The van der Waals surface area contributed by atoms with Crippen molar-refractivity contribution < 1.29 is 4.39 Å². The van der Waals surface area contributed by atoms with E-state index in [0.717, 1.165) is 17.5 Å². The van der Waals surface area contributed by atoms with Crippen LogP contribution in [0.1, 0.15) is 11.1 Å². The molecule has 0 saturated carbocycles. The molecule has 0 aromatic heterocycles. The summed E-state index contributed by atoms with van der Waals surface area (Å²) >= 11 is 17.8. The predicted octanol–water partition coefficient (Wildman–Crippen LogP) is 5.12. The Bertz CT molecular complexity index is 602. The van der Waals surface area contributed by atoms with Gasteiger partial charge in [0.25, 0.3) is 0 Å². The second-order valence-corrected chi connectivity index (χ2v) is 5.60. The van der Waals surface area contributed by atoms with Crippen molar-refractivity contribution in [3.63, 3.8) is 0 Å². The lowest BCUT2D eigenvalue weighted by Crippen LogP contribution is -2.17. The number of rotatable bonds is 5. The van der Waals surface area contributed by atoms with E-state index in [1.807, 2.05) is 12.1 Å². The van der Waals surface area contributed by atoms with Crippen molar-refractivity contribution in [2.24, 2.45) is 0 Å². The average Bonchev–Trinajstić information content (AvgIpc) is 2.41. The van der Waals surface area contributed by atoms with Gasteiger partial charge in [-0.2, -0.15) is 0 Å². The Balaban J connectivity index is 1.86. The maximum atomic E-state index is 13.3. The van der Waals surface area contributed by atoms with Crippen LogP contribution in [0.2, 0.25) is 15.1 Å². The predicted molar refractivity (Wildman–Crippen MR) is 83.3 cm³/mol. The van der Waals surface area contributed by atoms with Crippen LogP contribution in [-0.4, -0.2) is 6.54 Å². The van der Waals surface area contributed by atoms with Gasteiger partial charge in [0, 0.05) is 16.6 Å². The second-order valence-electron chi connectivity index (χ2n) is 4.38. The van der Waals surface area contributed by atoms with Crippen molar-refractivity contribution in [2.75, 3.05) is 6.54 Å². The Morgan fingerprint density at radius 1 is 1.00 bits per heavy atom. The fourth-order valence-corrected chi connectivity index (χ4v) is 2.55. The molecule has 2 aromatic carbocycles. The summed E-state index contributed by atoms with van der Waals surface area (Å²) in [6.07, 6.45) is 0.767.